The van der Waals surface area contributed by atoms with Crippen LogP contribution in [0, 0.1) is 5.92 Å². The maximum absolute atomic E-state index is 12.6. The monoisotopic (exact) mass is 320 g/mol. The van der Waals surface area contributed by atoms with Gasteiger partial charge in [0.1, 0.15) is 5.75 Å². The standard InChI is InChI=1S/C18H28N2O3/c1-13(2)11-16(15-7-5-6-8-17(15)22-4)19-18(21)20(3)14-9-10-23-12-14/h5-8,13-14,16H,9-12H2,1-4H3,(H,19,21)/t14-,16-/m0/s1. The first-order chi connectivity index (χ1) is 11.0. The van der Waals surface area contributed by atoms with E-state index in [9.17, 15) is 4.79 Å². The number of likely N-dealkylation sites (N-methyl/N-ethyl adjacent to an activating group) is 1. The Morgan fingerprint density at radius 3 is 2.78 bits per heavy atom. The van der Waals surface area contributed by atoms with Gasteiger partial charge in [-0.3, -0.25) is 0 Å². The second-order valence-electron chi connectivity index (χ2n) is 6.50. The van der Waals surface area contributed by atoms with Gasteiger partial charge in [-0.05, 0) is 24.8 Å². The number of methoxy groups -OCH3 is 1. The van der Waals surface area contributed by atoms with Gasteiger partial charge in [-0.2, -0.15) is 0 Å². The molecule has 1 heterocycles. The van der Waals surface area contributed by atoms with Crippen molar-refractivity contribution in [2.24, 2.45) is 5.92 Å². The molecule has 5 nitrogen and oxygen atoms in total. The molecule has 1 saturated heterocycles. The summed E-state index contributed by atoms with van der Waals surface area (Å²) in [4.78, 5) is 14.4. The normalized spacial score (nSPS) is 18.7. The Labute approximate surface area is 139 Å². The summed E-state index contributed by atoms with van der Waals surface area (Å²) in [5, 5.41) is 3.17. The maximum atomic E-state index is 12.6. The van der Waals surface area contributed by atoms with E-state index in [4.69, 9.17) is 9.47 Å². The minimum absolute atomic E-state index is 0.0583. The number of urea groups is 1. The molecule has 0 bridgehead atoms. The fourth-order valence-corrected chi connectivity index (χ4v) is 2.93. The fourth-order valence-electron chi connectivity index (χ4n) is 2.93. The van der Waals surface area contributed by atoms with Crippen LogP contribution in [0.15, 0.2) is 24.3 Å². The summed E-state index contributed by atoms with van der Waals surface area (Å²) in [6, 6.07) is 7.91. The number of para-hydroxylation sites is 1. The Balaban J connectivity index is 2.13. The molecule has 2 rings (SSSR count). The van der Waals surface area contributed by atoms with Crippen molar-refractivity contribution in [1.29, 1.82) is 0 Å². The van der Waals surface area contributed by atoms with Crippen LogP contribution in [0.3, 0.4) is 0 Å². The highest BCUT2D eigenvalue weighted by molar-refractivity contribution is 5.75. The number of carbonyl (C=O) groups excluding carboxylic acids is 1. The van der Waals surface area contributed by atoms with Crippen LogP contribution in [0.5, 0.6) is 5.75 Å². The summed E-state index contributed by atoms with van der Waals surface area (Å²) in [6.45, 7) is 5.66. The number of nitrogens with zero attached hydrogens (tertiary/aromatic N) is 1. The summed E-state index contributed by atoms with van der Waals surface area (Å²) in [5.74, 6) is 1.27. The lowest BCUT2D eigenvalue weighted by Crippen LogP contribution is -2.45. The second kappa shape index (κ2) is 8.20. The van der Waals surface area contributed by atoms with Gasteiger partial charge in [0.05, 0.1) is 25.8 Å². The first-order valence-corrected chi connectivity index (χ1v) is 8.27. The predicted octanol–water partition coefficient (Wildman–Crippen LogP) is 3.21. The molecule has 1 aliphatic rings. The van der Waals surface area contributed by atoms with Gasteiger partial charge >= 0.3 is 6.03 Å². The molecule has 1 aliphatic heterocycles. The lowest BCUT2D eigenvalue weighted by atomic mass is 9.96. The zero-order chi connectivity index (χ0) is 16.8. The van der Waals surface area contributed by atoms with E-state index in [2.05, 4.69) is 19.2 Å². The van der Waals surface area contributed by atoms with Gasteiger partial charge in [0, 0.05) is 19.2 Å². The van der Waals surface area contributed by atoms with Crippen molar-refractivity contribution in [1.82, 2.24) is 10.2 Å². The number of amides is 2. The molecule has 1 N–H and O–H groups in total. The Hall–Kier alpha value is -1.75. The van der Waals surface area contributed by atoms with E-state index in [0.29, 0.717) is 12.5 Å². The average molecular weight is 320 g/mol. The third kappa shape index (κ3) is 4.61. The first-order valence-electron chi connectivity index (χ1n) is 8.27. The summed E-state index contributed by atoms with van der Waals surface area (Å²) in [5.41, 5.74) is 1.02. The molecule has 2 amide bonds. The summed E-state index contributed by atoms with van der Waals surface area (Å²) in [7, 11) is 3.50. The molecule has 0 aromatic heterocycles. The minimum atomic E-state index is -0.0663. The lowest BCUT2D eigenvalue weighted by molar-refractivity contribution is 0.155. The molecule has 2 atom stereocenters. The topological polar surface area (TPSA) is 50.8 Å². The summed E-state index contributed by atoms with van der Waals surface area (Å²) >= 11 is 0. The summed E-state index contributed by atoms with van der Waals surface area (Å²) in [6.07, 6.45) is 1.76. The van der Waals surface area contributed by atoms with Crippen LogP contribution in [0.25, 0.3) is 0 Å². The zero-order valence-corrected chi connectivity index (χ0v) is 14.5. The SMILES string of the molecule is COc1ccccc1[C@H](CC(C)C)NC(=O)N(C)[C@H]1CCOC1. The molecule has 0 aliphatic carbocycles. The van der Waals surface area contributed by atoms with E-state index in [-0.39, 0.29) is 18.1 Å². The Bertz CT molecular complexity index is 513. The molecule has 0 unspecified atom stereocenters. The van der Waals surface area contributed by atoms with Gasteiger partial charge in [-0.25, -0.2) is 4.79 Å². The third-order valence-corrected chi connectivity index (χ3v) is 4.29. The molecule has 0 saturated carbocycles. The minimum Gasteiger partial charge on any atom is -0.496 e. The van der Waals surface area contributed by atoms with E-state index < -0.39 is 0 Å². The molecular weight excluding hydrogens is 292 g/mol. The number of carbonyl (C=O) groups is 1. The number of hydrogen-bond acceptors (Lipinski definition) is 3. The van der Waals surface area contributed by atoms with Gasteiger partial charge < -0.3 is 19.7 Å². The molecule has 0 spiro atoms. The maximum Gasteiger partial charge on any atom is 0.317 e. The molecule has 0 radical (unpaired) electrons. The van der Waals surface area contributed by atoms with Crippen LogP contribution >= 0.6 is 0 Å². The Morgan fingerprint density at radius 1 is 1.43 bits per heavy atom. The van der Waals surface area contributed by atoms with Crippen molar-refractivity contribution in [3.05, 3.63) is 29.8 Å². The smallest absolute Gasteiger partial charge is 0.317 e. The van der Waals surface area contributed by atoms with Crippen LogP contribution in [0.1, 0.15) is 38.3 Å². The number of benzene rings is 1. The predicted molar refractivity (Wildman–Crippen MR) is 90.7 cm³/mol. The average Bonchev–Trinajstić information content (AvgIpc) is 3.07. The van der Waals surface area contributed by atoms with E-state index >= 15 is 0 Å². The van der Waals surface area contributed by atoms with E-state index in [0.717, 1.165) is 30.8 Å². The van der Waals surface area contributed by atoms with Crippen molar-refractivity contribution >= 4 is 6.03 Å². The van der Waals surface area contributed by atoms with Gasteiger partial charge in [0.25, 0.3) is 0 Å². The van der Waals surface area contributed by atoms with Crippen molar-refractivity contribution in [2.45, 2.75) is 38.8 Å². The largest absolute Gasteiger partial charge is 0.496 e. The van der Waals surface area contributed by atoms with Gasteiger partial charge in [0.2, 0.25) is 0 Å². The van der Waals surface area contributed by atoms with Gasteiger partial charge in [-0.15, -0.1) is 0 Å². The number of nitrogens with one attached hydrogen (secondary N) is 1. The van der Waals surface area contributed by atoms with Crippen molar-refractivity contribution in [3.8, 4) is 5.75 Å². The van der Waals surface area contributed by atoms with Crippen molar-refractivity contribution in [2.75, 3.05) is 27.4 Å². The number of hydrogen-bond donors (Lipinski definition) is 1. The van der Waals surface area contributed by atoms with Crippen LogP contribution in [-0.2, 0) is 4.74 Å². The third-order valence-electron chi connectivity index (χ3n) is 4.29. The highest BCUT2D eigenvalue weighted by Crippen LogP contribution is 2.29. The van der Waals surface area contributed by atoms with Crippen LogP contribution in [0.2, 0.25) is 0 Å². The fraction of sp³-hybridized carbons (Fsp3) is 0.611. The van der Waals surface area contributed by atoms with Crippen molar-refractivity contribution in [3.63, 3.8) is 0 Å². The Kier molecular flexibility index (Phi) is 6.28. The van der Waals surface area contributed by atoms with E-state index in [1.165, 1.54) is 0 Å². The number of ether oxygens (including phenoxy) is 2. The zero-order valence-electron chi connectivity index (χ0n) is 14.5. The second-order valence-corrected chi connectivity index (χ2v) is 6.50. The molecule has 128 valence electrons. The highest BCUT2D eigenvalue weighted by Gasteiger charge is 2.27. The molecule has 23 heavy (non-hydrogen) atoms. The van der Waals surface area contributed by atoms with E-state index in [1.54, 1.807) is 12.0 Å². The summed E-state index contributed by atoms with van der Waals surface area (Å²) < 4.78 is 10.8. The highest BCUT2D eigenvalue weighted by atomic mass is 16.5. The van der Waals surface area contributed by atoms with Crippen LogP contribution in [-0.4, -0.2) is 44.3 Å². The molecule has 1 fully saturated rings. The molecule has 1 aromatic carbocycles. The first kappa shape index (κ1) is 17.6. The lowest BCUT2D eigenvalue weighted by Gasteiger charge is -2.28. The van der Waals surface area contributed by atoms with Gasteiger partial charge in [0.15, 0.2) is 0 Å². The Morgan fingerprint density at radius 2 is 2.17 bits per heavy atom. The van der Waals surface area contributed by atoms with Crippen LogP contribution in [0.4, 0.5) is 4.79 Å². The molecule has 5 heteroatoms. The molecular formula is C18H28N2O3. The molecule has 1 aromatic rings. The van der Waals surface area contributed by atoms with Crippen molar-refractivity contribution < 1.29 is 14.3 Å². The van der Waals surface area contributed by atoms with Gasteiger partial charge in [-0.1, -0.05) is 32.0 Å². The quantitative estimate of drug-likeness (QED) is 0.875. The number of rotatable bonds is 6. The van der Waals surface area contributed by atoms with Crippen LogP contribution < -0.4 is 10.1 Å². The van der Waals surface area contributed by atoms with E-state index in [1.807, 2.05) is 31.3 Å².